The van der Waals surface area contributed by atoms with Gasteiger partial charge in [0.15, 0.2) is 0 Å². The van der Waals surface area contributed by atoms with Gasteiger partial charge in [0.25, 0.3) is 0 Å². The van der Waals surface area contributed by atoms with Crippen molar-refractivity contribution < 1.29 is 27.5 Å². The minimum absolute atomic E-state index is 0.0318. The quantitative estimate of drug-likeness (QED) is 0.530. The number of rotatable bonds is 8. The Labute approximate surface area is 193 Å². The van der Waals surface area contributed by atoms with Crippen LogP contribution in [0.15, 0.2) is 47.4 Å². The van der Waals surface area contributed by atoms with E-state index in [1.54, 1.807) is 0 Å². The molecule has 0 bridgehead atoms. The Balaban J connectivity index is 1.58. The van der Waals surface area contributed by atoms with E-state index in [0.717, 1.165) is 11.1 Å². The molecule has 0 saturated carbocycles. The van der Waals surface area contributed by atoms with Gasteiger partial charge >= 0.3 is 6.03 Å². The third kappa shape index (κ3) is 6.67. The zero-order chi connectivity index (χ0) is 23.8. The fourth-order valence-corrected chi connectivity index (χ4v) is 4.62. The van der Waals surface area contributed by atoms with Crippen LogP contribution in [0.5, 0.6) is 5.75 Å². The molecule has 3 amide bonds. The van der Waals surface area contributed by atoms with E-state index in [0.29, 0.717) is 25.5 Å². The van der Waals surface area contributed by atoms with E-state index < -0.39 is 22.0 Å². The van der Waals surface area contributed by atoms with Gasteiger partial charge in [-0.05, 0) is 30.7 Å². The minimum Gasteiger partial charge on any atom is -0.495 e. The van der Waals surface area contributed by atoms with Crippen LogP contribution in [0, 0.1) is 6.92 Å². The van der Waals surface area contributed by atoms with Crippen molar-refractivity contribution in [2.45, 2.75) is 18.4 Å². The SMILES string of the molecule is COc1ccc(S(=O)(=O)N2CCOCC2)cc1NC(=O)CNC(=O)NCc1ccc(C)cc1. The highest BCUT2D eigenvalue weighted by Gasteiger charge is 2.27. The molecule has 1 heterocycles. The molecule has 3 rings (SSSR count). The van der Waals surface area contributed by atoms with Crippen molar-refractivity contribution in [1.82, 2.24) is 14.9 Å². The molecule has 1 fully saturated rings. The highest BCUT2D eigenvalue weighted by molar-refractivity contribution is 7.89. The van der Waals surface area contributed by atoms with E-state index in [1.807, 2.05) is 31.2 Å². The second-order valence-corrected chi connectivity index (χ2v) is 9.39. The van der Waals surface area contributed by atoms with Crippen LogP contribution < -0.4 is 20.7 Å². The monoisotopic (exact) mass is 476 g/mol. The summed E-state index contributed by atoms with van der Waals surface area (Å²) in [4.78, 5) is 24.4. The van der Waals surface area contributed by atoms with Gasteiger partial charge in [0.05, 0.1) is 37.5 Å². The molecule has 0 atom stereocenters. The lowest BCUT2D eigenvalue weighted by atomic mass is 10.1. The first kappa shape index (κ1) is 24.5. The Morgan fingerprint density at radius 2 is 1.76 bits per heavy atom. The molecule has 178 valence electrons. The lowest BCUT2D eigenvalue weighted by Crippen LogP contribution is -2.40. The van der Waals surface area contributed by atoms with Crippen molar-refractivity contribution >= 4 is 27.6 Å². The summed E-state index contributed by atoms with van der Waals surface area (Å²) in [7, 11) is -2.33. The second-order valence-electron chi connectivity index (χ2n) is 7.45. The Morgan fingerprint density at radius 3 is 2.42 bits per heavy atom. The lowest BCUT2D eigenvalue weighted by molar-refractivity contribution is -0.115. The molecule has 1 saturated heterocycles. The molecule has 0 unspecified atom stereocenters. The van der Waals surface area contributed by atoms with Crippen molar-refractivity contribution in [3.63, 3.8) is 0 Å². The van der Waals surface area contributed by atoms with Crippen molar-refractivity contribution in [3.05, 3.63) is 53.6 Å². The Kier molecular flexibility index (Phi) is 8.26. The maximum Gasteiger partial charge on any atom is 0.315 e. The Bertz CT molecular complexity index is 1080. The van der Waals surface area contributed by atoms with Crippen molar-refractivity contribution in [1.29, 1.82) is 0 Å². The van der Waals surface area contributed by atoms with Gasteiger partial charge in [-0.15, -0.1) is 0 Å². The summed E-state index contributed by atoms with van der Waals surface area (Å²) in [6.07, 6.45) is 0. The van der Waals surface area contributed by atoms with E-state index in [1.165, 1.54) is 29.6 Å². The number of sulfonamides is 1. The van der Waals surface area contributed by atoms with Gasteiger partial charge in [0.1, 0.15) is 5.75 Å². The predicted octanol–water partition coefficient (Wildman–Crippen LogP) is 1.46. The molecule has 1 aliphatic heterocycles. The van der Waals surface area contributed by atoms with Gasteiger partial charge in [-0.1, -0.05) is 29.8 Å². The first-order valence-electron chi connectivity index (χ1n) is 10.4. The molecule has 33 heavy (non-hydrogen) atoms. The highest BCUT2D eigenvalue weighted by Crippen LogP contribution is 2.29. The molecule has 11 heteroatoms. The van der Waals surface area contributed by atoms with Crippen molar-refractivity contribution in [3.8, 4) is 5.75 Å². The topological polar surface area (TPSA) is 126 Å². The molecule has 0 aromatic heterocycles. The van der Waals surface area contributed by atoms with Crippen LogP contribution in [0.25, 0.3) is 0 Å². The number of hydrogen-bond donors (Lipinski definition) is 3. The number of hydrogen-bond acceptors (Lipinski definition) is 6. The molecule has 10 nitrogen and oxygen atoms in total. The molecular formula is C22H28N4O6S. The zero-order valence-corrected chi connectivity index (χ0v) is 19.4. The zero-order valence-electron chi connectivity index (χ0n) is 18.6. The number of nitrogens with zero attached hydrogens (tertiary/aromatic N) is 1. The van der Waals surface area contributed by atoms with Crippen LogP contribution in [0.2, 0.25) is 0 Å². The number of amides is 3. The maximum atomic E-state index is 12.9. The fourth-order valence-electron chi connectivity index (χ4n) is 3.19. The van der Waals surface area contributed by atoms with Crippen LogP contribution >= 0.6 is 0 Å². The lowest BCUT2D eigenvalue weighted by Gasteiger charge is -2.26. The summed E-state index contributed by atoms with van der Waals surface area (Å²) in [5, 5.41) is 7.75. The molecule has 0 aliphatic carbocycles. The first-order valence-corrected chi connectivity index (χ1v) is 11.9. The summed E-state index contributed by atoms with van der Waals surface area (Å²) >= 11 is 0. The van der Waals surface area contributed by atoms with E-state index in [2.05, 4.69) is 16.0 Å². The normalized spacial score (nSPS) is 14.4. The van der Waals surface area contributed by atoms with E-state index >= 15 is 0 Å². The van der Waals surface area contributed by atoms with E-state index in [4.69, 9.17) is 9.47 Å². The van der Waals surface area contributed by atoms with E-state index in [-0.39, 0.29) is 30.2 Å². The predicted molar refractivity (Wildman–Crippen MR) is 123 cm³/mol. The smallest absolute Gasteiger partial charge is 0.315 e. The molecule has 2 aromatic rings. The van der Waals surface area contributed by atoms with Gasteiger partial charge in [-0.25, -0.2) is 13.2 Å². The maximum absolute atomic E-state index is 12.9. The second kappa shape index (κ2) is 11.1. The van der Waals surface area contributed by atoms with Crippen molar-refractivity contribution in [2.75, 3.05) is 45.3 Å². The molecule has 0 spiro atoms. The molecule has 3 N–H and O–H groups in total. The third-order valence-corrected chi connectivity index (χ3v) is 6.93. The van der Waals surface area contributed by atoms with E-state index in [9.17, 15) is 18.0 Å². The third-order valence-electron chi connectivity index (χ3n) is 5.04. The number of nitrogens with one attached hydrogen (secondary N) is 3. The standard InChI is InChI=1S/C22H28N4O6S/c1-16-3-5-17(6-4-16)14-23-22(28)24-15-21(27)25-19-13-18(7-8-20(19)31-2)33(29,30)26-9-11-32-12-10-26/h3-8,13H,9-12,14-15H2,1-2H3,(H,25,27)(H2,23,24,28). The Morgan fingerprint density at radius 1 is 1.06 bits per heavy atom. The van der Waals surface area contributed by atoms with Crippen molar-refractivity contribution in [2.24, 2.45) is 0 Å². The molecular weight excluding hydrogens is 448 g/mol. The number of morpholine rings is 1. The average molecular weight is 477 g/mol. The number of benzene rings is 2. The average Bonchev–Trinajstić information content (AvgIpc) is 2.83. The Hall–Kier alpha value is -3.15. The van der Waals surface area contributed by atoms with Gasteiger partial charge in [-0.3, -0.25) is 4.79 Å². The van der Waals surface area contributed by atoms with Gasteiger partial charge in [-0.2, -0.15) is 4.31 Å². The largest absolute Gasteiger partial charge is 0.495 e. The van der Waals surface area contributed by atoms with Gasteiger partial charge < -0.3 is 25.4 Å². The molecule has 0 radical (unpaired) electrons. The van der Waals surface area contributed by atoms with Crippen LogP contribution in [-0.4, -0.2) is 64.6 Å². The van der Waals surface area contributed by atoms with Crippen LogP contribution in [0.3, 0.4) is 0 Å². The summed E-state index contributed by atoms with van der Waals surface area (Å²) < 4.78 is 37.6. The molecule has 1 aliphatic rings. The van der Waals surface area contributed by atoms with Crippen LogP contribution in [0.1, 0.15) is 11.1 Å². The van der Waals surface area contributed by atoms with Crippen LogP contribution in [-0.2, 0) is 26.1 Å². The number of aryl methyl sites for hydroxylation is 1. The molecule has 2 aromatic carbocycles. The number of carbonyl (C=O) groups excluding carboxylic acids is 2. The van der Waals surface area contributed by atoms with Crippen LogP contribution in [0.4, 0.5) is 10.5 Å². The first-order chi connectivity index (χ1) is 15.8. The summed E-state index contributed by atoms with van der Waals surface area (Å²) in [5.74, 6) is -0.229. The van der Waals surface area contributed by atoms with Gasteiger partial charge in [0, 0.05) is 19.6 Å². The van der Waals surface area contributed by atoms with Gasteiger partial charge in [0.2, 0.25) is 15.9 Å². The number of urea groups is 1. The minimum atomic E-state index is -3.74. The summed E-state index contributed by atoms with van der Waals surface area (Å²) in [5.41, 5.74) is 2.25. The fraction of sp³-hybridized carbons (Fsp3) is 0.364. The number of methoxy groups -OCH3 is 1. The number of anilines is 1. The number of ether oxygens (including phenoxy) is 2. The number of carbonyl (C=O) groups is 2. The summed E-state index contributed by atoms with van der Waals surface area (Å²) in [6, 6.07) is 11.5. The summed E-state index contributed by atoms with van der Waals surface area (Å²) in [6.45, 7) is 3.18. The highest BCUT2D eigenvalue weighted by atomic mass is 32.2.